The lowest BCUT2D eigenvalue weighted by Crippen LogP contribution is -2.27. The molecule has 0 fully saturated rings. The van der Waals surface area contributed by atoms with Gasteiger partial charge in [0.1, 0.15) is 11.4 Å². The van der Waals surface area contributed by atoms with E-state index in [1.54, 1.807) is 0 Å². The lowest BCUT2D eigenvalue weighted by Gasteiger charge is -2.10. The van der Waals surface area contributed by atoms with Gasteiger partial charge in [0, 0.05) is 21.5 Å². The molecule has 1 amide bonds. The van der Waals surface area contributed by atoms with E-state index in [0.29, 0.717) is 10.2 Å². The first kappa shape index (κ1) is 20.2. The molecular formula is C26H21N3O2S. The Morgan fingerprint density at radius 1 is 1.00 bits per heavy atom. The highest BCUT2D eigenvalue weighted by Crippen LogP contribution is 2.35. The van der Waals surface area contributed by atoms with Gasteiger partial charge in [0.15, 0.2) is 0 Å². The maximum atomic E-state index is 13.4. The fraction of sp³-hybridized carbons (Fsp3) is 0.115. The van der Waals surface area contributed by atoms with E-state index in [9.17, 15) is 9.59 Å². The zero-order valence-electron chi connectivity index (χ0n) is 17.8. The summed E-state index contributed by atoms with van der Waals surface area (Å²) in [7, 11) is 0. The molecule has 6 heteroatoms. The standard InChI is InChI=1S/C26H21N3O2S/c1-16-10-12-19(13-11-16)23-17(2)32-25-24(23)26(31)29(15-27-25)14-22(30)28-21-9-5-7-18-6-3-4-8-20(18)21/h3-13,15H,14H2,1-2H3,(H,28,30). The SMILES string of the molecule is Cc1ccc(-c2c(C)sc3ncn(CC(=O)Nc4cccc5ccccc45)c(=O)c23)cc1. The third-order valence-electron chi connectivity index (χ3n) is 5.57. The van der Waals surface area contributed by atoms with Crippen molar-refractivity contribution < 1.29 is 4.79 Å². The van der Waals surface area contributed by atoms with Gasteiger partial charge in [-0.25, -0.2) is 4.98 Å². The molecule has 0 saturated carbocycles. The average Bonchev–Trinajstić information content (AvgIpc) is 3.13. The highest BCUT2D eigenvalue weighted by molar-refractivity contribution is 7.19. The van der Waals surface area contributed by atoms with Crippen molar-refractivity contribution in [2.75, 3.05) is 5.32 Å². The first-order chi connectivity index (χ1) is 15.5. The number of carbonyl (C=O) groups excluding carboxylic acids is 1. The van der Waals surface area contributed by atoms with Crippen molar-refractivity contribution in [3.05, 3.63) is 93.9 Å². The van der Waals surface area contributed by atoms with Crippen molar-refractivity contribution in [3.8, 4) is 11.1 Å². The third kappa shape index (κ3) is 3.59. The molecule has 2 aromatic heterocycles. The maximum absolute atomic E-state index is 13.4. The van der Waals surface area contributed by atoms with E-state index in [0.717, 1.165) is 38.0 Å². The van der Waals surface area contributed by atoms with Crippen LogP contribution >= 0.6 is 11.3 Å². The molecule has 0 saturated heterocycles. The zero-order chi connectivity index (χ0) is 22.2. The largest absolute Gasteiger partial charge is 0.324 e. The molecule has 32 heavy (non-hydrogen) atoms. The Labute approximate surface area is 189 Å². The summed E-state index contributed by atoms with van der Waals surface area (Å²) >= 11 is 1.50. The van der Waals surface area contributed by atoms with Gasteiger partial charge in [-0.1, -0.05) is 66.2 Å². The molecule has 0 atom stereocenters. The first-order valence-corrected chi connectivity index (χ1v) is 11.2. The molecule has 0 aliphatic carbocycles. The Kier molecular flexibility index (Phi) is 5.07. The molecule has 2 heterocycles. The second-order valence-electron chi connectivity index (χ2n) is 7.83. The minimum Gasteiger partial charge on any atom is -0.324 e. The van der Waals surface area contributed by atoms with E-state index >= 15 is 0 Å². The lowest BCUT2D eigenvalue weighted by molar-refractivity contribution is -0.116. The first-order valence-electron chi connectivity index (χ1n) is 10.3. The molecule has 5 aromatic rings. The minimum absolute atomic E-state index is 0.104. The molecular weight excluding hydrogens is 418 g/mol. The second-order valence-corrected chi connectivity index (χ2v) is 9.04. The van der Waals surface area contributed by atoms with E-state index in [1.165, 1.54) is 22.2 Å². The van der Waals surface area contributed by atoms with Gasteiger partial charge in [-0.2, -0.15) is 0 Å². The number of hydrogen-bond donors (Lipinski definition) is 1. The summed E-state index contributed by atoms with van der Waals surface area (Å²) in [6, 6.07) is 21.7. The summed E-state index contributed by atoms with van der Waals surface area (Å²) in [5.41, 5.74) is 3.55. The van der Waals surface area contributed by atoms with Crippen LogP contribution in [0.2, 0.25) is 0 Å². The molecule has 5 nitrogen and oxygen atoms in total. The number of fused-ring (bicyclic) bond motifs is 2. The van der Waals surface area contributed by atoms with Crippen LogP contribution in [0, 0.1) is 13.8 Å². The van der Waals surface area contributed by atoms with Gasteiger partial charge in [0.05, 0.1) is 11.7 Å². The van der Waals surface area contributed by atoms with Gasteiger partial charge in [-0.3, -0.25) is 14.2 Å². The number of thiophene rings is 1. The van der Waals surface area contributed by atoms with Crippen molar-refractivity contribution in [3.63, 3.8) is 0 Å². The number of rotatable bonds is 4. The summed E-state index contributed by atoms with van der Waals surface area (Å²) in [6.45, 7) is 3.93. The highest BCUT2D eigenvalue weighted by atomic mass is 32.1. The molecule has 0 unspecified atom stereocenters. The fourth-order valence-corrected chi connectivity index (χ4v) is 5.00. The van der Waals surface area contributed by atoms with Crippen LogP contribution in [0.3, 0.4) is 0 Å². The smallest absolute Gasteiger partial charge is 0.263 e. The molecule has 1 N–H and O–H groups in total. The molecule has 0 aliphatic rings. The van der Waals surface area contributed by atoms with Crippen LogP contribution in [-0.4, -0.2) is 15.5 Å². The van der Waals surface area contributed by atoms with E-state index in [2.05, 4.69) is 10.3 Å². The van der Waals surface area contributed by atoms with Crippen LogP contribution in [0.4, 0.5) is 5.69 Å². The van der Waals surface area contributed by atoms with E-state index < -0.39 is 0 Å². The van der Waals surface area contributed by atoms with E-state index in [-0.39, 0.29) is 18.0 Å². The zero-order valence-corrected chi connectivity index (χ0v) is 18.6. The van der Waals surface area contributed by atoms with Crippen molar-refractivity contribution >= 4 is 43.9 Å². The Morgan fingerprint density at radius 3 is 2.56 bits per heavy atom. The third-order valence-corrected chi connectivity index (χ3v) is 6.59. The molecule has 0 spiro atoms. The molecule has 158 valence electrons. The van der Waals surface area contributed by atoms with Crippen LogP contribution < -0.4 is 10.9 Å². The van der Waals surface area contributed by atoms with E-state index in [1.807, 2.05) is 80.6 Å². The number of benzene rings is 3. The minimum atomic E-state index is -0.270. The predicted octanol–water partition coefficient (Wildman–Crippen LogP) is 5.53. The van der Waals surface area contributed by atoms with Crippen LogP contribution in [0.1, 0.15) is 10.4 Å². The summed E-state index contributed by atoms with van der Waals surface area (Å²) in [4.78, 5) is 32.4. The summed E-state index contributed by atoms with van der Waals surface area (Å²) in [5, 5.41) is 5.51. The maximum Gasteiger partial charge on any atom is 0.263 e. The topological polar surface area (TPSA) is 64.0 Å². The molecule has 0 radical (unpaired) electrons. The molecule has 0 bridgehead atoms. The van der Waals surface area contributed by atoms with Crippen LogP contribution in [-0.2, 0) is 11.3 Å². The number of nitrogens with zero attached hydrogens (tertiary/aromatic N) is 2. The van der Waals surface area contributed by atoms with Crippen LogP contribution in [0.5, 0.6) is 0 Å². The monoisotopic (exact) mass is 439 g/mol. The summed E-state index contributed by atoms with van der Waals surface area (Å²) < 4.78 is 1.38. The molecule has 0 aliphatic heterocycles. The Bertz CT molecular complexity index is 1530. The summed E-state index contributed by atoms with van der Waals surface area (Å²) in [5.74, 6) is -0.270. The number of hydrogen-bond acceptors (Lipinski definition) is 4. The number of amides is 1. The summed E-state index contributed by atoms with van der Waals surface area (Å²) in [6.07, 6.45) is 1.46. The number of carbonyl (C=O) groups is 1. The molecule has 3 aromatic carbocycles. The number of aryl methyl sites for hydroxylation is 2. The fourth-order valence-electron chi connectivity index (χ4n) is 4.00. The van der Waals surface area contributed by atoms with Gasteiger partial charge in [-0.15, -0.1) is 11.3 Å². The van der Waals surface area contributed by atoms with Gasteiger partial charge >= 0.3 is 0 Å². The molecule has 5 rings (SSSR count). The Balaban J connectivity index is 1.50. The van der Waals surface area contributed by atoms with Gasteiger partial charge in [0.2, 0.25) is 5.91 Å². The predicted molar refractivity (Wildman–Crippen MR) is 131 cm³/mol. The number of aromatic nitrogens is 2. The lowest BCUT2D eigenvalue weighted by atomic mass is 10.0. The number of anilines is 1. The second kappa shape index (κ2) is 8.05. The van der Waals surface area contributed by atoms with Crippen molar-refractivity contribution in [1.82, 2.24) is 9.55 Å². The van der Waals surface area contributed by atoms with Crippen molar-refractivity contribution in [1.29, 1.82) is 0 Å². The quantitative estimate of drug-likeness (QED) is 0.400. The van der Waals surface area contributed by atoms with Gasteiger partial charge in [0.25, 0.3) is 5.56 Å². The van der Waals surface area contributed by atoms with Gasteiger partial charge < -0.3 is 5.32 Å². The van der Waals surface area contributed by atoms with Gasteiger partial charge in [-0.05, 0) is 30.9 Å². The van der Waals surface area contributed by atoms with E-state index in [4.69, 9.17) is 0 Å². The number of nitrogens with one attached hydrogen (secondary N) is 1. The van der Waals surface area contributed by atoms with Crippen molar-refractivity contribution in [2.24, 2.45) is 0 Å². The highest BCUT2D eigenvalue weighted by Gasteiger charge is 2.18. The van der Waals surface area contributed by atoms with Crippen LogP contribution in [0.15, 0.2) is 77.9 Å². The average molecular weight is 440 g/mol. The Morgan fingerprint density at radius 2 is 1.75 bits per heavy atom. The van der Waals surface area contributed by atoms with Crippen LogP contribution in [0.25, 0.3) is 32.1 Å². The Hall–Kier alpha value is -3.77. The van der Waals surface area contributed by atoms with Crippen molar-refractivity contribution in [2.45, 2.75) is 20.4 Å². The normalized spacial score (nSPS) is 11.2.